The summed E-state index contributed by atoms with van der Waals surface area (Å²) < 4.78 is 7.10. The van der Waals surface area contributed by atoms with Gasteiger partial charge in [-0.05, 0) is 33.3 Å². The normalized spacial score (nSPS) is 11.7. The Morgan fingerprint density at radius 1 is 1.26 bits per heavy atom. The van der Waals surface area contributed by atoms with Gasteiger partial charge in [-0.1, -0.05) is 5.16 Å². The van der Waals surface area contributed by atoms with E-state index in [0.29, 0.717) is 24.7 Å². The number of aliphatic imine (C=N–C) groups is 1. The van der Waals surface area contributed by atoms with Crippen molar-refractivity contribution in [1.82, 2.24) is 30.6 Å². The van der Waals surface area contributed by atoms with E-state index in [1.165, 1.54) is 5.69 Å². The van der Waals surface area contributed by atoms with Crippen LogP contribution in [-0.2, 0) is 13.0 Å². The molecule has 2 aromatic heterocycles. The number of rotatable bonds is 7. The molecule has 0 saturated heterocycles. The van der Waals surface area contributed by atoms with Gasteiger partial charge < -0.3 is 15.2 Å². The van der Waals surface area contributed by atoms with Gasteiger partial charge in [-0.2, -0.15) is 10.1 Å². The lowest BCUT2D eigenvalue weighted by Gasteiger charge is -2.11. The highest BCUT2D eigenvalue weighted by Crippen LogP contribution is 2.02. The van der Waals surface area contributed by atoms with Gasteiger partial charge in [0, 0.05) is 38.8 Å². The van der Waals surface area contributed by atoms with Gasteiger partial charge in [-0.3, -0.25) is 9.67 Å². The number of guanidine groups is 1. The van der Waals surface area contributed by atoms with Crippen LogP contribution in [0, 0.1) is 20.8 Å². The maximum Gasteiger partial charge on any atom is 0.228 e. The van der Waals surface area contributed by atoms with E-state index in [0.717, 1.165) is 31.2 Å². The molecule has 2 N–H and O–H groups in total. The van der Waals surface area contributed by atoms with Gasteiger partial charge >= 0.3 is 0 Å². The Labute approximate surface area is 136 Å². The Kier molecular flexibility index (Phi) is 6.13. The summed E-state index contributed by atoms with van der Waals surface area (Å²) >= 11 is 0. The highest BCUT2D eigenvalue weighted by molar-refractivity contribution is 5.79. The molecule has 0 unspecified atom stereocenters. The summed E-state index contributed by atoms with van der Waals surface area (Å²) in [6, 6.07) is 2.09. The van der Waals surface area contributed by atoms with E-state index in [1.807, 2.05) is 18.5 Å². The van der Waals surface area contributed by atoms with Crippen LogP contribution in [0.1, 0.15) is 29.5 Å². The molecular formula is C15H25N7O. The van der Waals surface area contributed by atoms with Crippen molar-refractivity contribution in [2.75, 3.05) is 20.1 Å². The Balaban J connectivity index is 1.64. The first-order chi connectivity index (χ1) is 11.1. The third-order valence-electron chi connectivity index (χ3n) is 3.37. The first-order valence-electron chi connectivity index (χ1n) is 7.83. The molecule has 8 nitrogen and oxygen atoms in total. The lowest BCUT2D eigenvalue weighted by molar-refractivity contribution is 0.374. The topological polar surface area (TPSA) is 93.2 Å². The van der Waals surface area contributed by atoms with Crippen molar-refractivity contribution in [3.05, 3.63) is 29.2 Å². The zero-order valence-corrected chi connectivity index (χ0v) is 14.3. The molecule has 0 fully saturated rings. The highest BCUT2D eigenvalue weighted by Gasteiger charge is 2.04. The number of hydrogen-bond donors (Lipinski definition) is 2. The molecule has 2 rings (SSSR count). The van der Waals surface area contributed by atoms with Gasteiger partial charge in [-0.25, -0.2) is 0 Å². The first-order valence-corrected chi connectivity index (χ1v) is 7.83. The molecule has 0 aromatic carbocycles. The average Bonchev–Trinajstić information content (AvgIpc) is 3.07. The van der Waals surface area contributed by atoms with E-state index in [1.54, 1.807) is 7.05 Å². The van der Waals surface area contributed by atoms with E-state index < -0.39 is 0 Å². The quantitative estimate of drug-likeness (QED) is 0.449. The van der Waals surface area contributed by atoms with E-state index >= 15 is 0 Å². The number of aromatic nitrogens is 4. The largest absolute Gasteiger partial charge is 0.356 e. The first kappa shape index (κ1) is 17.0. The smallest absolute Gasteiger partial charge is 0.228 e. The molecule has 0 atom stereocenters. The number of nitrogens with one attached hydrogen (secondary N) is 2. The molecule has 2 aromatic rings. The predicted octanol–water partition coefficient (Wildman–Crippen LogP) is 0.989. The fraction of sp³-hybridized carbons (Fsp3) is 0.600. The second kappa shape index (κ2) is 8.30. The van der Waals surface area contributed by atoms with Crippen LogP contribution in [0.3, 0.4) is 0 Å². The van der Waals surface area contributed by atoms with Crippen molar-refractivity contribution in [2.24, 2.45) is 4.99 Å². The van der Waals surface area contributed by atoms with Gasteiger partial charge in [0.1, 0.15) is 0 Å². The average molecular weight is 319 g/mol. The summed E-state index contributed by atoms with van der Waals surface area (Å²) in [6.07, 6.45) is 1.65. The lowest BCUT2D eigenvalue weighted by atomic mass is 10.4. The maximum absolute atomic E-state index is 5.07. The summed E-state index contributed by atoms with van der Waals surface area (Å²) in [5.74, 6) is 2.07. The molecule has 0 radical (unpaired) electrons. The summed E-state index contributed by atoms with van der Waals surface area (Å²) in [7, 11) is 1.76. The maximum atomic E-state index is 5.07. The molecule has 0 aliphatic heterocycles. The molecule has 23 heavy (non-hydrogen) atoms. The van der Waals surface area contributed by atoms with Crippen molar-refractivity contribution >= 4 is 5.96 Å². The minimum atomic E-state index is 0.634. The zero-order chi connectivity index (χ0) is 16.7. The summed E-state index contributed by atoms with van der Waals surface area (Å²) in [5, 5.41) is 14.7. The number of nitrogens with zero attached hydrogens (tertiary/aromatic N) is 5. The molecule has 0 bridgehead atoms. The summed E-state index contributed by atoms with van der Waals surface area (Å²) in [4.78, 5) is 8.36. The fourth-order valence-corrected chi connectivity index (χ4v) is 2.29. The minimum absolute atomic E-state index is 0.634. The molecular weight excluding hydrogens is 294 g/mol. The van der Waals surface area contributed by atoms with Crippen LogP contribution >= 0.6 is 0 Å². The molecule has 8 heteroatoms. The predicted molar refractivity (Wildman–Crippen MR) is 88.4 cm³/mol. The lowest BCUT2D eigenvalue weighted by Crippen LogP contribution is -2.39. The molecule has 0 aliphatic rings. The molecule has 0 amide bonds. The number of hydrogen-bond acceptors (Lipinski definition) is 5. The molecule has 0 saturated carbocycles. The highest BCUT2D eigenvalue weighted by atomic mass is 16.5. The van der Waals surface area contributed by atoms with Crippen molar-refractivity contribution in [1.29, 1.82) is 0 Å². The van der Waals surface area contributed by atoms with Crippen LogP contribution in [0.5, 0.6) is 0 Å². The van der Waals surface area contributed by atoms with Crippen LogP contribution in [0.15, 0.2) is 15.6 Å². The fourth-order valence-electron chi connectivity index (χ4n) is 2.29. The standard InChI is InChI=1S/C15H25N7O/c1-11-10-12(2)22(20-11)9-5-7-17-15(16-4)18-8-6-14-19-13(3)21-23-14/h10H,5-9H2,1-4H3,(H2,16,17,18). The van der Waals surface area contributed by atoms with Crippen molar-refractivity contribution < 1.29 is 4.52 Å². The molecule has 126 valence electrons. The van der Waals surface area contributed by atoms with Crippen LogP contribution in [0.4, 0.5) is 0 Å². The minimum Gasteiger partial charge on any atom is -0.356 e. The van der Waals surface area contributed by atoms with Crippen molar-refractivity contribution in [3.63, 3.8) is 0 Å². The van der Waals surface area contributed by atoms with E-state index in [-0.39, 0.29) is 0 Å². The van der Waals surface area contributed by atoms with E-state index in [4.69, 9.17) is 4.52 Å². The van der Waals surface area contributed by atoms with Gasteiger partial charge in [-0.15, -0.1) is 0 Å². The van der Waals surface area contributed by atoms with E-state index in [9.17, 15) is 0 Å². The van der Waals surface area contributed by atoms with Crippen LogP contribution in [0.25, 0.3) is 0 Å². The van der Waals surface area contributed by atoms with Crippen LogP contribution in [0.2, 0.25) is 0 Å². The van der Waals surface area contributed by atoms with Gasteiger partial charge in [0.25, 0.3) is 0 Å². The van der Waals surface area contributed by atoms with Gasteiger partial charge in [0.15, 0.2) is 11.8 Å². The SMILES string of the molecule is CN=C(NCCCn1nc(C)cc1C)NCCc1nc(C)no1. The Morgan fingerprint density at radius 2 is 2.04 bits per heavy atom. The Morgan fingerprint density at radius 3 is 2.65 bits per heavy atom. The Bertz CT molecular complexity index is 644. The molecule has 0 spiro atoms. The van der Waals surface area contributed by atoms with E-state index in [2.05, 4.69) is 43.9 Å². The second-order valence-corrected chi connectivity index (χ2v) is 5.41. The van der Waals surface area contributed by atoms with Crippen molar-refractivity contribution in [2.45, 2.75) is 40.2 Å². The summed E-state index contributed by atoms with van der Waals surface area (Å²) in [6.45, 7) is 8.32. The zero-order valence-electron chi connectivity index (χ0n) is 14.3. The molecule has 0 aliphatic carbocycles. The van der Waals surface area contributed by atoms with Crippen LogP contribution < -0.4 is 10.6 Å². The summed E-state index contributed by atoms with van der Waals surface area (Å²) in [5.41, 5.74) is 2.25. The van der Waals surface area contributed by atoms with Crippen LogP contribution in [-0.4, -0.2) is 46.0 Å². The monoisotopic (exact) mass is 319 g/mol. The van der Waals surface area contributed by atoms with Gasteiger partial charge in [0.05, 0.1) is 5.69 Å². The van der Waals surface area contributed by atoms with Gasteiger partial charge in [0.2, 0.25) is 5.89 Å². The second-order valence-electron chi connectivity index (χ2n) is 5.41. The van der Waals surface area contributed by atoms with Crippen molar-refractivity contribution in [3.8, 4) is 0 Å². The third kappa shape index (κ3) is 5.39. The molecule has 2 heterocycles. The Hall–Kier alpha value is -2.38. The number of aryl methyl sites for hydroxylation is 4. The third-order valence-corrected chi connectivity index (χ3v) is 3.37.